The van der Waals surface area contributed by atoms with Crippen LogP contribution >= 0.6 is 0 Å². The van der Waals surface area contributed by atoms with Gasteiger partial charge in [0.25, 0.3) is 5.91 Å². The van der Waals surface area contributed by atoms with Crippen LogP contribution in [0, 0.1) is 0 Å². The molecular weight excluding hydrogens is 196 g/mol. The summed E-state index contributed by atoms with van der Waals surface area (Å²) in [4.78, 5) is 26.5. The molecule has 1 N–H and O–H groups in total. The highest BCUT2D eigenvalue weighted by Crippen LogP contribution is 2.13. The summed E-state index contributed by atoms with van der Waals surface area (Å²) in [6.07, 6.45) is 0. The van der Waals surface area contributed by atoms with Crippen molar-refractivity contribution in [1.29, 1.82) is 0 Å². The maximum atomic E-state index is 11.6. The summed E-state index contributed by atoms with van der Waals surface area (Å²) >= 11 is 0. The summed E-state index contributed by atoms with van der Waals surface area (Å²) in [7, 11) is 3.34. The lowest BCUT2D eigenvalue weighted by Gasteiger charge is -2.09. The Kier molecular flexibility index (Phi) is 2.07. The van der Waals surface area contributed by atoms with E-state index in [1.807, 2.05) is 0 Å². The van der Waals surface area contributed by atoms with Gasteiger partial charge < -0.3 is 9.32 Å². The van der Waals surface area contributed by atoms with Crippen molar-refractivity contribution in [3.8, 4) is 0 Å². The number of hydrogen-bond donors (Lipinski definition) is 1. The third-order valence-electron chi connectivity index (χ3n) is 2.07. The number of rotatable bonds is 1. The molecule has 1 aromatic carbocycles. The molecule has 0 saturated heterocycles. The highest BCUT2D eigenvalue weighted by molar-refractivity contribution is 5.96. The first-order valence-corrected chi connectivity index (χ1v) is 4.42. The molecule has 0 spiro atoms. The zero-order valence-electron chi connectivity index (χ0n) is 8.40. The van der Waals surface area contributed by atoms with Gasteiger partial charge in [0.15, 0.2) is 5.58 Å². The van der Waals surface area contributed by atoms with Gasteiger partial charge in [0, 0.05) is 19.7 Å². The second kappa shape index (κ2) is 3.27. The minimum absolute atomic E-state index is 0.112. The number of aromatic nitrogens is 1. The number of H-pyrrole nitrogens is 1. The van der Waals surface area contributed by atoms with E-state index < -0.39 is 5.76 Å². The van der Waals surface area contributed by atoms with Gasteiger partial charge in [-0.1, -0.05) is 0 Å². The summed E-state index contributed by atoms with van der Waals surface area (Å²) in [6, 6.07) is 4.83. The van der Waals surface area contributed by atoms with Crippen molar-refractivity contribution in [2.24, 2.45) is 0 Å². The maximum Gasteiger partial charge on any atom is 0.417 e. The predicted molar refractivity (Wildman–Crippen MR) is 54.9 cm³/mol. The topological polar surface area (TPSA) is 66.3 Å². The van der Waals surface area contributed by atoms with Gasteiger partial charge in [0.05, 0.1) is 5.52 Å². The minimum Gasteiger partial charge on any atom is -0.408 e. The lowest BCUT2D eigenvalue weighted by Crippen LogP contribution is -2.21. The number of hydrogen-bond acceptors (Lipinski definition) is 3. The van der Waals surface area contributed by atoms with E-state index in [0.717, 1.165) is 0 Å². The molecule has 2 aromatic rings. The molecule has 5 nitrogen and oxygen atoms in total. The predicted octanol–water partition coefficient (Wildman–Crippen LogP) is 0.823. The molecule has 5 heteroatoms. The van der Waals surface area contributed by atoms with Gasteiger partial charge in [0.1, 0.15) is 0 Å². The normalized spacial score (nSPS) is 10.5. The molecule has 15 heavy (non-hydrogen) atoms. The number of nitrogens with zero attached hydrogens (tertiary/aromatic N) is 1. The van der Waals surface area contributed by atoms with E-state index in [2.05, 4.69) is 4.98 Å². The fraction of sp³-hybridized carbons (Fsp3) is 0.200. The van der Waals surface area contributed by atoms with Gasteiger partial charge in [-0.05, 0) is 18.2 Å². The van der Waals surface area contributed by atoms with E-state index in [-0.39, 0.29) is 5.91 Å². The van der Waals surface area contributed by atoms with E-state index >= 15 is 0 Å². The van der Waals surface area contributed by atoms with Crippen molar-refractivity contribution in [1.82, 2.24) is 9.88 Å². The van der Waals surface area contributed by atoms with Crippen LogP contribution in [0.5, 0.6) is 0 Å². The van der Waals surface area contributed by atoms with E-state index in [1.54, 1.807) is 32.3 Å². The van der Waals surface area contributed by atoms with Crippen molar-refractivity contribution in [3.63, 3.8) is 0 Å². The maximum absolute atomic E-state index is 11.6. The lowest BCUT2D eigenvalue weighted by atomic mass is 10.2. The third kappa shape index (κ3) is 1.63. The number of nitrogens with one attached hydrogen (secondary N) is 1. The van der Waals surface area contributed by atoms with Crippen LogP contribution in [-0.4, -0.2) is 29.9 Å². The highest BCUT2D eigenvalue weighted by atomic mass is 16.4. The van der Waals surface area contributed by atoms with Crippen molar-refractivity contribution < 1.29 is 9.21 Å². The van der Waals surface area contributed by atoms with E-state index in [4.69, 9.17) is 4.42 Å². The van der Waals surface area contributed by atoms with Crippen molar-refractivity contribution >= 4 is 17.0 Å². The number of aromatic amines is 1. The zero-order valence-corrected chi connectivity index (χ0v) is 8.40. The fourth-order valence-corrected chi connectivity index (χ4v) is 1.34. The van der Waals surface area contributed by atoms with Gasteiger partial charge >= 0.3 is 5.76 Å². The van der Waals surface area contributed by atoms with E-state index in [9.17, 15) is 9.59 Å². The summed E-state index contributed by atoms with van der Waals surface area (Å²) in [5, 5.41) is 0. The fourth-order valence-electron chi connectivity index (χ4n) is 1.34. The third-order valence-corrected chi connectivity index (χ3v) is 2.07. The van der Waals surface area contributed by atoms with Crippen molar-refractivity contribution in [3.05, 3.63) is 34.3 Å². The Morgan fingerprint density at radius 2 is 2.13 bits per heavy atom. The van der Waals surface area contributed by atoms with Gasteiger partial charge in [0.2, 0.25) is 0 Å². The largest absolute Gasteiger partial charge is 0.417 e. The average molecular weight is 206 g/mol. The minimum atomic E-state index is -0.514. The van der Waals surface area contributed by atoms with Gasteiger partial charge in [-0.25, -0.2) is 4.79 Å². The van der Waals surface area contributed by atoms with Crippen LogP contribution in [0.4, 0.5) is 0 Å². The van der Waals surface area contributed by atoms with Crippen molar-refractivity contribution in [2.75, 3.05) is 14.1 Å². The summed E-state index contributed by atoms with van der Waals surface area (Å²) < 4.78 is 4.83. The number of benzene rings is 1. The first-order valence-electron chi connectivity index (χ1n) is 4.42. The molecule has 0 radical (unpaired) electrons. The molecule has 0 aliphatic carbocycles. The molecule has 0 aliphatic rings. The van der Waals surface area contributed by atoms with Gasteiger partial charge in [-0.15, -0.1) is 0 Å². The number of fused-ring (bicyclic) bond motifs is 1. The van der Waals surface area contributed by atoms with Crippen LogP contribution in [0.1, 0.15) is 10.4 Å². The molecule has 0 unspecified atom stereocenters. The van der Waals surface area contributed by atoms with E-state index in [1.165, 1.54) is 4.90 Å². The Bertz CT molecular complexity index is 565. The molecular formula is C10H10N2O3. The zero-order chi connectivity index (χ0) is 11.0. The monoisotopic (exact) mass is 206 g/mol. The molecule has 0 fully saturated rings. The Morgan fingerprint density at radius 3 is 2.80 bits per heavy atom. The first kappa shape index (κ1) is 9.51. The van der Waals surface area contributed by atoms with Gasteiger partial charge in [-0.2, -0.15) is 0 Å². The number of carbonyl (C=O) groups excluding carboxylic acids is 1. The Hall–Kier alpha value is -2.04. The number of oxazole rings is 1. The highest BCUT2D eigenvalue weighted by Gasteiger charge is 2.09. The molecule has 0 atom stereocenters. The second-order valence-corrected chi connectivity index (χ2v) is 3.43. The van der Waals surface area contributed by atoms with E-state index in [0.29, 0.717) is 16.7 Å². The van der Waals surface area contributed by atoms with Crippen LogP contribution in [0.3, 0.4) is 0 Å². The standard InChI is InChI=1S/C10H10N2O3/c1-12(2)9(13)6-3-4-8-7(5-6)11-10(14)15-8/h3-5H,1-2H3,(H,11,14). The summed E-state index contributed by atoms with van der Waals surface area (Å²) in [5.74, 6) is -0.626. The molecule has 1 heterocycles. The number of amides is 1. The summed E-state index contributed by atoms with van der Waals surface area (Å²) in [5.41, 5.74) is 1.51. The Balaban J connectivity index is 2.55. The van der Waals surface area contributed by atoms with Crippen LogP contribution in [0.2, 0.25) is 0 Å². The Labute approximate surface area is 85.3 Å². The lowest BCUT2D eigenvalue weighted by molar-refractivity contribution is 0.0828. The van der Waals surface area contributed by atoms with Crippen molar-refractivity contribution in [2.45, 2.75) is 0 Å². The molecule has 0 saturated carbocycles. The number of carbonyl (C=O) groups is 1. The van der Waals surface area contributed by atoms with Crippen LogP contribution in [0.15, 0.2) is 27.4 Å². The van der Waals surface area contributed by atoms with Gasteiger partial charge in [-0.3, -0.25) is 9.78 Å². The molecule has 2 rings (SSSR count). The quantitative estimate of drug-likeness (QED) is 0.751. The molecule has 78 valence electrons. The smallest absolute Gasteiger partial charge is 0.408 e. The molecule has 1 amide bonds. The molecule has 0 bridgehead atoms. The van der Waals surface area contributed by atoms with Crippen LogP contribution in [0.25, 0.3) is 11.1 Å². The second-order valence-electron chi connectivity index (χ2n) is 3.43. The first-order chi connectivity index (χ1) is 7.08. The van der Waals surface area contributed by atoms with Crippen LogP contribution in [-0.2, 0) is 0 Å². The SMILES string of the molecule is CN(C)C(=O)c1ccc2oc(=O)[nH]c2c1. The molecule has 1 aromatic heterocycles. The molecule has 0 aliphatic heterocycles. The van der Waals surface area contributed by atoms with Crippen LogP contribution < -0.4 is 5.76 Å². The Morgan fingerprint density at radius 1 is 1.40 bits per heavy atom. The summed E-state index contributed by atoms with van der Waals surface area (Å²) in [6.45, 7) is 0. The average Bonchev–Trinajstić information content (AvgIpc) is 2.55.